The third kappa shape index (κ3) is 4.48. The molecule has 1 atom stereocenters. The van der Waals surface area contributed by atoms with Crippen molar-refractivity contribution in [2.75, 3.05) is 7.11 Å². The van der Waals surface area contributed by atoms with Crippen molar-refractivity contribution >= 4 is 23.8 Å². The molecule has 29 heavy (non-hydrogen) atoms. The van der Waals surface area contributed by atoms with Crippen LogP contribution in [0.4, 0.5) is 4.79 Å². The Hall–Kier alpha value is -2.73. The van der Waals surface area contributed by atoms with E-state index in [2.05, 4.69) is 48.7 Å². The number of hydrogen-bond acceptors (Lipinski definition) is 4. The zero-order valence-electron chi connectivity index (χ0n) is 17.4. The average Bonchev–Trinajstić information content (AvgIpc) is 2.67. The summed E-state index contributed by atoms with van der Waals surface area (Å²) in [6.45, 7) is 7.92. The van der Waals surface area contributed by atoms with Crippen molar-refractivity contribution in [1.82, 2.24) is 10.6 Å². The molecule has 1 aliphatic heterocycles. The summed E-state index contributed by atoms with van der Waals surface area (Å²) in [6, 6.07) is 11.7. The minimum absolute atomic E-state index is 0.323. The van der Waals surface area contributed by atoms with Crippen LogP contribution in [-0.4, -0.2) is 19.1 Å². The number of thioether (sulfide) groups is 1. The van der Waals surface area contributed by atoms with Gasteiger partial charge in [-0.2, -0.15) is 0 Å². The molecule has 0 spiro atoms. The Kier molecular flexibility index (Phi) is 6.33. The van der Waals surface area contributed by atoms with Gasteiger partial charge in [-0.25, -0.2) is 9.59 Å². The van der Waals surface area contributed by atoms with E-state index in [4.69, 9.17) is 4.74 Å². The molecule has 0 saturated heterocycles. The number of hydrogen-bond donors (Lipinski definition) is 2. The number of esters is 1. The molecule has 2 amide bonds. The van der Waals surface area contributed by atoms with Crippen LogP contribution in [0.5, 0.6) is 0 Å². The van der Waals surface area contributed by atoms with Gasteiger partial charge in [0, 0.05) is 16.3 Å². The first-order valence-electron chi connectivity index (χ1n) is 9.47. The third-order valence-electron chi connectivity index (χ3n) is 5.19. The third-order valence-corrected chi connectivity index (χ3v) is 6.41. The minimum atomic E-state index is -0.543. The fourth-order valence-corrected chi connectivity index (χ4v) is 4.66. The maximum atomic E-state index is 12.4. The normalized spacial score (nSPS) is 16.3. The highest BCUT2D eigenvalue weighted by atomic mass is 32.2. The van der Waals surface area contributed by atoms with Crippen LogP contribution >= 0.6 is 11.8 Å². The number of ether oxygens (including phenoxy) is 1. The first kappa shape index (κ1) is 21.0. The van der Waals surface area contributed by atoms with Crippen molar-refractivity contribution in [3.8, 4) is 0 Å². The van der Waals surface area contributed by atoms with Crippen LogP contribution < -0.4 is 10.6 Å². The lowest BCUT2D eigenvalue weighted by Gasteiger charge is -2.29. The lowest BCUT2D eigenvalue weighted by atomic mass is 9.90. The van der Waals surface area contributed by atoms with Crippen molar-refractivity contribution in [1.29, 1.82) is 0 Å². The number of carbonyl (C=O) groups is 2. The van der Waals surface area contributed by atoms with Crippen LogP contribution in [-0.2, 0) is 15.3 Å². The molecule has 5 nitrogen and oxygen atoms in total. The fourth-order valence-electron chi connectivity index (χ4n) is 3.56. The van der Waals surface area contributed by atoms with Crippen molar-refractivity contribution in [3.05, 3.63) is 75.5 Å². The molecule has 0 aliphatic carbocycles. The molecule has 0 radical (unpaired) electrons. The number of rotatable bonds is 5. The highest BCUT2D eigenvalue weighted by Gasteiger charge is 2.33. The van der Waals surface area contributed by atoms with Crippen LogP contribution in [0.25, 0.3) is 0 Å². The molecule has 6 heteroatoms. The standard InChI is InChI=1S/C23H26N2O3S/c1-13-8-6-7-9-19(13)29-12-17-11-18(15(3)10-14(17)2)21-20(22(26)28-5)16(4)24-23(27)25-21/h6-11,21H,12H2,1-5H3,(H2,24,25,27). The first-order valence-corrected chi connectivity index (χ1v) is 10.5. The second-order valence-corrected chi connectivity index (χ2v) is 8.27. The van der Waals surface area contributed by atoms with E-state index in [-0.39, 0.29) is 6.03 Å². The van der Waals surface area contributed by atoms with E-state index in [1.54, 1.807) is 18.7 Å². The van der Waals surface area contributed by atoms with Gasteiger partial charge >= 0.3 is 12.0 Å². The van der Waals surface area contributed by atoms with E-state index in [0.717, 1.165) is 16.9 Å². The lowest BCUT2D eigenvalue weighted by Crippen LogP contribution is -2.45. The van der Waals surface area contributed by atoms with Crippen LogP contribution in [0.15, 0.2) is 52.6 Å². The molecule has 2 aromatic carbocycles. The minimum Gasteiger partial charge on any atom is -0.466 e. The van der Waals surface area contributed by atoms with Crippen molar-refractivity contribution < 1.29 is 14.3 Å². The lowest BCUT2D eigenvalue weighted by molar-refractivity contribution is -0.136. The van der Waals surface area contributed by atoms with Gasteiger partial charge in [-0.05, 0) is 61.6 Å². The monoisotopic (exact) mass is 410 g/mol. The van der Waals surface area contributed by atoms with Gasteiger partial charge in [0.05, 0.1) is 18.7 Å². The number of amides is 2. The quantitative estimate of drug-likeness (QED) is 0.554. The molecular formula is C23H26N2O3S. The first-order chi connectivity index (χ1) is 13.8. The molecule has 3 rings (SSSR count). The van der Waals surface area contributed by atoms with Crippen molar-refractivity contribution in [2.45, 2.75) is 44.4 Å². The Morgan fingerprint density at radius 2 is 1.79 bits per heavy atom. The van der Waals surface area contributed by atoms with Gasteiger partial charge in [0.2, 0.25) is 0 Å². The molecular weight excluding hydrogens is 384 g/mol. The van der Waals surface area contributed by atoms with E-state index in [1.165, 1.54) is 28.7 Å². The summed E-state index contributed by atoms with van der Waals surface area (Å²) in [5.74, 6) is 0.356. The van der Waals surface area contributed by atoms with Gasteiger partial charge in [0.1, 0.15) is 0 Å². The SMILES string of the molecule is COC(=O)C1=C(C)NC(=O)NC1c1cc(CSc2ccccc2C)c(C)cc1C. The number of nitrogens with one attached hydrogen (secondary N) is 2. The predicted molar refractivity (Wildman–Crippen MR) is 116 cm³/mol. The molecule has 0 saturated carbocycles. The molecule has 1 aliphatic rings. The average molecular weight is 411 g/mol. The van der Waals surface area contributed by atoms with Crippen LogP contribution in [0.2, 0.25) is 0 Å². The van der Waals surface area contributed by atoms with Gasteiger partial charge in [-0.1, -0.05) is 30.3 Å². The highest BCUT2D eigenvalue weighted by Crippen LogP contribution is 2.33. The Bertz CT molecular complexity index is 998. The Morgan fingerprint density at radius 1 is 1.07 bits per heavy atom. The summed E-state index contributed by atoms with van der Waals surface area (Å²) in [5.41, 5.74) is 6.48. The van der Waals surface area contributed by atoms with Gasteiger partial charge < -0.3 is 15.4 Å². The summed E-state index contributed by atoms with van der Waals surface area (Å²) >= 11 is 1.78. The van der Waals surface area contributed by atoms with Crippen molar-refractivity contribution in [2.24, 2.45) is 0 Å². The number of urea groups is 1. The van der Waals surface area contributed by atoms with Crippen LogP contribution in [0.1, 0.15) is 40.8 Å². The Morgan fingerprint density at radius 3 is 2.48 bits per heavy atom. The number of carbonyl (C=O) groups excluding carboxylic acids is 2. The number of allylic oxidation sites excluding steroid dienone is 1. The second kappa shape index (κ2) is 8.74. The molecule has 2 aromatic rings. The van der Waals surface area contributed by atoms with E-state index in [0.29, 0.717) is 11.3 Å². The molecule has 152 valence electrons. The van der Waals surface area contributed by atoms with Gasteiger partial charge in [-0.3, -0.25) is 0 Å². The maximum Gasteiger partial charge on any atom is 0.337 e. The fraction of sp³-hybridized carbons (Fsp3) is 0.304. The van der Waals surface area contributed by atoms with E-state index in [9.17, 15) is 9.59 Å². The number of benzene rings is 2. The summed E-state index contributed by atoms with van der Waals surface area (Å²) in [5, 5.41) is 5.55. The van der Waals surface area contributed by atoms with Gasteiger partial charge in [-0.15, -0.1) is 11.8 Å². The predicted octanol–water partition coefficient (Wildman–Crippen LogP) is 4.71. The Labute approximate surface area is 175 Å². The van der Waals surface area contributed by atoms with Crippen LogP contribution in [0.3, 0.4) is 0 Å². The summed E-state index contributed by atoms with van der Waals surface area (Å²) < 4.78 is 4.97. The van der Waals surface area contributed by atoms with Crippen molar-refractivity contribution in [3.63, 3.8) is 0 Å². The summed E-state index contributed by atoms with van der Waals surface area (Å²) in [6.07, 6.45) is 0. The molecule has 0 fully saturated rings. The zero-order valence-corrected chi connectivity index (χ0v) is 18.2. The molecule has 0 bridgehead atoms. The van der Waals surface area contributed by atoms with E-state index < -0.39 is 12.0 Å². The van der Waals surface area contributed by atoms with Gasteiger partial charge in [0.15, 0.2) is 0 Å². The molecule has 2 N–H and O–H groups in total. The van der Waals surface area contributed by atoms with E-state index >= 15 is 0 Å². The second-order valence-electron chi connectivity index (χ2n) is 7.25. The van der Waals surface area contributed by atoms with Gasteiger partial charge in [0.25, 0.3) is 0 Å². The maximum absolute atomic E-state index is 12.4. The zero-order chi connectivity index (χ0) is 21.1. The van der Waals surface area contributed by atoms with Crippen LogP contribution in [0, 0.1) is 20.8 Å². The number of aryl methyl sites for hydroxylation is 3. The highest BCUT2D eigenvalue weighted by molar-refractivity contribution is 7.98. The topological polar surface area (TPSA) is 67.4 Å². The number of methoxy groups -OCH3 is 1. The summed E-state index contributed by atoms with van der Waals surface area (Å²) in [4.78, 5) is 25.8. The molecule has 1 heterocycles. The summed E-state index contributed by atoms with van der Waals surface area (Å²) in [7, 11) is 1.35. The smallest absolute Gasteiger partial charge is 0.337 e. The molecule has 1 unspecified atom stereocenters. The van der Waals surface area contributed by atoms with E-state index in [1.807, 2.05) is 19.1 Å². The molecule has 0 aromatic heterocycles. The Balaban J connectivity index is 1.98. The largest absolute Gasteiger partial charge is 0.466 e.